The molecular formula is C16H20N8O. The van der Waals surface area contributed by atoms with Gasteiger partial charge in [-0.25, -0.2) is 0 Å². The van der Waals surface area contributed by atoms with E-state index in [2.05, 4.69) is 30.9 Å². The molecule has 1 amide bonds. The van der Waals surface area contributed by atoms with Crippen molar-refractivity contribution in [1.82, 2.24) is 40.3 Å². The second-order valence-electron chi connectivity index (χ2n) is 5.55. The minimum atomic E-state index is -0.547. The monoisotopic (exact) mass is 340 g/mol. The fraction of sp³-hybridized carbons (Fsp3) is 0.375. The maximum absolute atomic E-state index is 12.3. The van der Waals surface area contributed by atoms with Crippen LogP contribution in [0.4, 0.5) is 0 Å². The Morgan fingerprint density at radius 2 is 2.04 bits per heavy atom. The zero-order valence-corrected chi connectivity index (χ0v) is 14.2. The summed E-state index contributed by atoms with van der Waals surface area (Å²) in [4.78, 5) is 13.6. The van der Waals surface area contributed by atoms with Crippen LogP contribution in [0.3, 0.4) is 0 Å². The molecule has 0 spiro atoms. The van der Waals surface area contributed by atoms with E-state index in [0.29, 0.717) is 18.8 Å². The van der Waals surface area contributed by atoms with Gasteiger partial charge in [-0.05, 0) is 19.1 Å². The number of carbonyl (C=O) groups is 1. The first-order chi connectivity index (χ1) is 12.2. The van der Waals surface area contributed by atoms with Gasteiger partial charge in [-0.3, -0.25) is 4.79 Å². The molecule has 0 unspecified atom stereocenters. The van der Waals surface area contributed by atoms with E-state index in [1.54, 1.807) is 13.3 Å². The smallest absolute Gasteiger partial charge is 0.246 e. The zero-order chi connectivity index (χ0) is 17.6. The first-order valence-corrected chi connectivity index (χ1v) is 8.18. The van der Waals surface area contributed by atoms with Crippen LogP contribution in [-0.4, -0.2) is 47.4 Å². The number of nitrogens with zero attached hydrogens (tertiary/aromatic N) is 7. The van der Waals surface area contributed by atoms with E-state index in [-0.39, 0.29) is 5.91 Å². The largest absolute Gasteiger partial charge is 0.354 e. The van der Waals surface area contributed by atoms with Crippen LogP contribution in [-0.2, 0) is 17.8 Å². The first-order valence-electron chi connectivity index (χ1n) is 8.18. The van der Waals surface area contributed by atoms with Gasteiger partial charge in [-0.1, -0.05) is 30.3 Å². The normalized spacial score (nSPS) is 12.1. The number of aromatic nitrogens is 7. The Kier molecular flexibility index (Phi) is 5.12. The summed E-state index contributed by atoms with van der Waals surface area (Å²) < 4.78 is 1.95. The van der Waals surface area contributed by atoms with Crippen LogP contribution in [0.15, 0.2) is 36.7 Å². The molecule has 0 saturated carbocycles. The van der Waals surface area contributed by atoms with Crippen LogP contribution in [0.1, 0.15) is 25.7 Å². The molecule has 0 fully saturated rings. The summed E-state index contributed by atoms with van der Waals surface area (Å²) in [5, 5.41) is 23.1. The number of tetrazole rings is 1. The lowest BCUT2D eigenvalue weighted by Gasteiger charge is -2.10. The van der Waals surface area contributed by atoms with Gasteiger partial charge in [0, 0.05) is 25.1 Å². The molecule has 130 valence electrons. The van der Waals surface area contributed by atoms with E-state index >= 15 is 0 Å². The standard InChI is InChI=1S/C16H20N8O/c1-3-23-11-18-19-14(23)9-10-17-16(25)12(2)24-21-15(20-22-24)13-7-5-4-6-8-13/h4-8,11-12H,3,9-10H2,1-2H3,(H,17,25)/t12-/m0/s1. The van der Waals surface area contributed by atoms with E-state index < -0.39 is 6.04 Å². The average molecular weight is 340 g/mol. The highest BCUT2D eigenvalue weighted by Gasteiger charge is 2.18. The molecule has 3 aromatic rings. The SMILES string of the molecule is CCn1cnnc1CCNC(=O)[C@H](C)n1nnc(-c2ccccc2)n1. The van der Waals surface area contributed by atoms with Crippen molar-refractivity contribution in [2.45, 2.75) is 32.9 Å². The van der Waals surface area contributed by atoms with Gasteiger partial charge >= 0.3 is 0 Å². The van der Waals surface area contributed by atoms with Crippen LogP contribution in [0.25, 0.3) is 11.4 Å². The fourth-order valence-corrected chi connectivity index (χ4v) is 2.38. The maximum Gasteiger partial charge on any atom is 0.246 e. The van der Waals surface area contributed by atoms with Gasteiger partial charge in [-0.2, -0.15) is 4.80 Å². The lowest BCUT2D eigenvalue weighted by atomic mass is 10.2. The minimum absolute atomic E-state index is 0.167. The number of benzene rings is 1. The van der Waals surface area contributed by atoms with Crippen LogP contribution in [0.5, 0.6) is 0 Å². The van der Waals surface area contributed by atoms with Gasteiger partial charge < -0.3 is 9.88 Å². The fourth-order valence-electron chi connectivity index (χ4n) is 2.38. The van der Waals surface area contributed by atoms with Crippen molar-refractivity contribution in [3.05, 3.63) is 42.5 Å². The number of rotatable bonds is 7. The highest BCUT2D eigenvalue weighted by molar-refractivity contribution is 5.79. The number of aryl methyl sites for hydroxylation is 1. The van der Waals surface area contributed by atoms with Crippen molar-refractivity contribution in [2.75, 3.05) is 6.54 Å². The van der Waals surface area contributed by atoms with Crippen molar-refractivity contribution in [2.24, 2.45) is 0 Å². The zero-order valence-electron chi connectivity index (χ0n) is 14.2. The lowest BCUT2D eigenvalue weighted by molar-refractivity contribution is -0.124. The molecule has 0 saturated heterocycles. The van der Waals surface area contributed by atoms with Crippen molar-refractivity contribution in [3.63, 3.8) is 0 Å². The summed E-state index contributed by atoms with van der Waals surface area (Å²) in [7, 11) is 0. The van der Waals surface area contributed by atoms with E-state index in [9.17, 15) is 4.79 Å². The Hall–Kier alpha value is -3.10. The summed E-state index contributed by atoms with van der Waals surface area (Å²) in [5.41, 5.74) is 0.861. The average Bonchev–Trinajstić information content (AvgIpc) is 3.31. The molecule has 9 heteroatoms. The van der Waals surface area contributed by atoms with Crippen LogP contribution >= 0.6 is 0 Å². The Balaban J connectivity index is 1.56. The number of nitrogens with one attached hydrogen (secondary N) is 1. The highest BCUT2D eigenvalue weighted by Crippen LogP contribution is 2.13. The summed E-state index contributed by atoms with van der Waals surface area (Å²) >= 11 is 0. The number of carbonyl (C=O) groups excluding carboxylic acids is 1. The molecular weight excluding hydrogens is 320 g/mol. The quantitative estimate of drug-likeness (QED) is 0.684. The van der Waals surface area contributed by atoms with Crippen molar-refractivity contribution in [3.8, 4) is 11.4 Å². The van der Waals surface area contributed by atoms with Gasteiger partial charge in [0.15, 0.2) is 0 Å². The van der Waals surface area contributed by atoms with Crippen LogP contribution in [0, 0.1) is 0 Å². The van der Waals surface area contributed by atoms with Gasteiger partial charge in [-0.15, -0.1) is 20.4 Å². The predicted molar refractivity (Wildman–Crippen MR) is 90.4 cm³/mol. The minimum Gasteiger partial charge on any atom is -0.354 e. The second kappa shape index (κ2) is 7.65. The Bertz CT molecular complexity index is 826. The molecule has 0 bridgehead atoms. The molecule has 0 aliphatic rings. The van der Waals surface area contributed by atoms with Gasteiger partial charge in [0.25, 0.3) is 0 Å². The molecule has 1 N–H and O–H groups in total. The van der Waals surface area contributed by atoms with E-state index in [4.69, 9.17) is 0 Å². The Labute approximate surface area is 145 Å². The Morgan fingerprint density at radius 3 is 2.80 bits per heavy atom. The molecule has 25 heavy (non-hydrogen) atoms. The number of amides is 1. The summed E-state index contributed by atoms with van der Waals surface area (Å²) in [6, 6.07) is 8.98. The molecule has 0 aliphatic carbocycles. The first kappa shape index (κ1) is 16.7. The van der Waals surface area contributed by atoms with Crippen LogP contribution in [0.2, 0.25) is 0 Å². The summed E-state index contributed by atoms with van der Waals surface area (Å²) in [6.45, 7) is 5.04. The third kappa shape index (κ3) is 3.87. The van der Waals surface area contributed by atoms with Gasteiger partial charge in [0.1, 0.15) is 18.2 Å². The Morgan fingerprint density at radius 1 is 1.24 bits per heavy atom. The molecule has 0 radical (unpaired) electrons. The van der Waals surface area contributed by atoms with Gasteiger partial charge in [0.2, 0.25) is 11.7 Å². The van der Waals surface area contributed by atoms with Crippen LogP contribution < -0.4 is 5.32 Å². The van der Waals surface area contributed by atoms with E-state index in [0.717, 1.165) is 17.9 Å². The molecule has 3 rings (SSSR count). The highest BCUT2D eigenvalue weighted by atomic mass is 16.2. The van der Waals surface area contributed by atoms with Crippen molar-refractivity contribution < 1.29 is 4.79 Å². The molecule has 9 nitrogen and oxygen atoms in total. The summed E-state index contributed by atoms with van der Waals surface area (Å²) in [5.74, 6) is 1.18. The maximum atomic E-state index is 12.3. The van der Waals surface area contributed by atoms with Crippen molar-refractivity contribution >= 4 is 5.91 Å². The summed E-state index contributed by atoms with van der Waals surface area (Å²) in [6.07, 6.45) is 2.30. The van der Waals surface area contributed by atoms with Gasteiger partial charge in [0.05, 0.1) is 0 Å². The van der Waals surface area contributed by atoms with E-state index in [1.165, 1.54) is 4.80 Å². The third-order valence-electron chi connectivity index (χ3n) is 3.87. The number of hydrogen-bond donors (Lipinski definition) is 1. The number of hydrogen-bond acceptors (Lipinski definition) is 6. The third-order valence-corrected chi connectivity index (χ3v) is 3.87. The molecule has 2 heterocycles. The molecule has 1 atom stereocenters. The van der Waals surface area contributed by atoms with Crippen molar-refractivity contribution in [1.29, 1.82) is 0 Å². The molecule has 0 aliphatic heterocycles. The van der Waals surface area contributed by atoms with E-state index in [1.807, 2.05) is 41.8 Å². The molecule has 2 aromatic heterocycles. The molecule has 1 aromatic carbocycles. The second-order valence-corrected chi connectivity index (χ2v) is 5.55. The predicted octanol–water partition coefficient (Wildman–Crippen LogP) is 0.871. The lowest BCUT2D eigenvalue weighted by Crippen LogP contribution is -2.33. The topological polar surface area (TPSA) is 103 Å².